The van der Waals surface area contributed by atoms with Crippen molar-refractivity contribution in [1.29, 1.82) is 0 Å². The number of amides is 1. The van der Waals surface area contributed by atoms with Gasteiger partial charge in [-0.15, -0.1) is 0 Å². The van der Waals surface area contributed by atoms with Crippen molar-refractivity contribution < 1.29 is 13.8 Å². The van der Waals surface area contributed by atoms with Crippen LogP contribution in [0, 0.1) is 0 Å². The van der Waals surface area contributed by atoms with Gasteiger partial charge in [-0.05, 0) is 0 Å². The van der Waals surface area contributed by atoms with E-state index in [0.29, 0.717) is 12.4 Å². The topological polar surface area (TPSA) is 55.1 Å². The lowest BCUT2D eigenvalue weighted by atomic mass is 10.4. The lowest BCUT2D eigenvalue weighted by Gasteiger charge is -2.27. The molecule has 0 unspecified atom stereocenters. The number of likely N-dealkylation sites (N-methyl/N-ethyl adjacent to an activating group) is 1. The average molecular weight is 210 g/mol. The van der Waals surface area contributed by atoms with E-state index in [1.54, 1.807) is 6.07 Å². The predicted molar refractivity (Wildman–Crippen MR) is 55.2 cm³/mol. The summed E-state index contributed by atoms with van der Waals surface area (Å²) in [4.78, 5) is 11.7. The molecule has 0 radical (unpaired) electrons. The fourth-order valence-electron chi connectivity index (χ4n) is 2.06. The standard InChI is InChI=1S/C10H15N3O2/c1-13(5-2-3-6-13)8-10(14)11-9-4-7-15-12-9/h4,7H,2-3,5-6,8H2,1H3/p+1. The summed E-state index contributed by atoms with van der Waals surface area (Å²) in [5.74, 6) is 0.499. The highest BCUT2D eigenvalue weighted by Gasteiger charge is 2.29. The fraction of sp³-hybridized carbons (Fsp3) is 0.600. The summed E-state index contributed by atoms with van der Waals surface area (Å²) < 4.78 is 5.48. The van der Waals surface area contributed by atoms with Crippen LogP contribution in [0.25, 0.3) is 0 Å². The van der Waals surface area contributed by atoms with E-state index in [4.69, 9.17) is 0 Å². The van der Waals surface area contributed by atoms with Crippen LogP contribution >= 0.6 is 0 Å². The molecule has 0 aromatic carbocycles. The van der Waals surface area contributed by atoms with Crippen LogP contribution in [-0.2, 0) is 4.79 Å². The van der Waals surface area contributed by atoms with E-state index in [0.717, 1.165) is 17.6 Å². The van der Waals surface area contributed by atoms with Gasteiger partial charge < -0.3 is 14.3 Å². The number of likely N-dealkylation sites (tertiary alicyclic amines) is 1. The number of hydrogen-bond acceptors (Lipinski definition) is 3. The summed E-state index contributed by atoms with van der Waals surface area (Å²) in [5, 5.41) is 6.35. The van der Waals surface area contributed by atoms with Gasteiger partial charge in [-0.1, -0.05) is 5.16 Å². The molecule has 5 nitrogen and oxygen atoms in total. The number of quaternary nitrogens is 1. The molecule has 0 saturated carbocycles. The Bertz CT molecular complexity index is 328. The number of hydrogen-bond donors (Lipinski definition) is 1. The highest BCUT2D eigenvalue weighted by molar-refractivity contribution is 5.90. The molecule has 15 heavy (non-hydrogen) atoms. The molecule has 5 heteroatoms. The summed E-state index contributed by atoms with van der Waals surface area (Å²) in [7, 11) is 2.12. The number of rotatable bonds is 3. The van der Waals surface area contributed by atoms with Crippen molar-refractivity contribution in [3.05, 3.63) is 12.3 Å². The molecule has 0 atom stereocenters. The van der Waals surface area contributed by atoms with Gasteiger partial charge >= 0.3 is 0 Å². The number of aromatic nitrogens is 1. The maximum Gasteiger partial charge on any atom is 0.280 e. The van der Waals surface area contributed by atoms with Gasteiger partial charge in [0.1, 0.15) is 6.26 Å². The van der Waals surface area contributed by atoms with Crippen molar-refractivity contribution in [2.75, 3.05) is 32.0 Å². The molecular formula is C10H16N3O2+. The third-order valence-electron chi connectivity index (χ3n) is 2.88. The Balaban J connectivity index is 1.87. The summed E-state index contributed by atoms with van der Waals surface area (Å²) in [6.07, 6.45) is 3.88. The van der Waals surface area contributed by atoms with Gasteiger partial charge in [0.25, 0.3) is 5.91 Å². The molecule has 2 rings (SSSR count). The number of anilines is 1. The van der Waals surface area contributed by atoms with E-state index in [1.807, 2.05) is 0 Å². The summed E-state index contributed by atoms with van der Waals surface area (Å²) >= 11 is 0. The Hall–Kier alpha value is -1.36. The van der Waals surface area contributed by atoms with Crippen LogP contribution in [0.1, 0.15) is 12.8 Å². The molecule has 1 aliphatic rings. The van der Waals surface area contributed by atoms with Gasteiger partial charge in [-0.2, -0.15) is 0 Å². The summed E-state index contributed by atoms with van der Waals surface area (Å²) in [6, 6.07) is 1.64. The number of carbonyl (C=O) groups excluding carboxylic acids is 1. The second-order valence-electron chi connectivity index (χ2n) is 4.36. The second-order valence-corrected chi connectivity index (χ2v) is 4.36. The minimum absolute atomic E-state index is 0.00769. The van der Waals surface area contributed by atoms with E-state index < -0.39 is 0 Å². The quantitative estimate of drug-likeness (QED) is 0.753. The predicted octanol–water partition coefficient (Wildman–Crippen LogP) is 0.853. The molecule has 1 aromatic rings. The van der Waals surface area contributed by atoms with Gasteiger partial charge in [0.05, 0.1) is 20.1 Å². The molecule has 1 fully saturated rings. The highest BCUT2D eigenvalue weighted by Crippen LogP contribution is 2.16. The molecule has 1 amide bonds. The van der Waals surface area contributed by atoms with Gasteiger partial charge in [0.2, 0.25) is 0 Å². The second kappa shape index (κ2) is 4.02. The number of nitrogens with one attached hydrogen (secondary N) is 1. The molecule has 1 aromatic heterocycles. The Kier molecular flexibility index (Phi) is 2.73. The van der Waals surface area contributed by atoms with Gasteiger partial charge in [-0.25, -0.2) is 0 Å². The van der Waals surface area contributed by atoms with E-state index in [-0.39, 0.29) is 5.91 Å². The normalized spacial score (nSPS) is 19.0. The van der Waals surface area contributed by atoms with Gasteiger partial charge in [-0.3, -0.25) is 4.79 Å². The van der Waals surface area contributed by atoms with Crippen molar-refractivity contribution in [3.63, 3.8) is 0 Å². The third-order valence-corrected chi connectivity index (χ3v) is 2.88. The molecule has 0 aliphatic carbocycles. The van der Waals surface area contributed by atoms with E-state index in [2.05, 4.69) is 22.0 Å². The summed E-state index contributed by atoms with van der Waals surface area (Å²) in [6.45, 7) is 2.70. The minimum atomic E-state index is 0.00769. The maximum absolute atomic E-state index is 11.7. The van der Waals surface area contributed by atoms with E-state index >= 15 is 0 Å². The zero-order valence-electron chi connectivity index (χ0n) is 8.90. The minimum Gasteiger partial charge on any atom is -0.363 e. The Morgan fingerprint density at radius 2 is 2.33 bits per heavy atom. The molecule has 2 heterocycles. The van der Waals surface area contributed by atoms with Crippen LogP contribution in [0.4, 0.5) is 5.82 Å². The third kappa shape index (κ3) is 2.56. The van der Waals surface area contributed by atoms with Crippen LogP contribution in [0.2, 0.25) is 0 Å². The van der Waals surface area contributed by atoms with Crippen molar-refractivity contribution in [3.8, 4) is 0 Å². The van der Waals surface area contributed by atoms with Gasteiger partial charge in [0.15, 0.2) is 12.4 Å². The first-order valence-electron chi connectivity index (χ1n) is 5.22. The number of carbonyl (C=O) groups is 1. The first-order chi connectivity index (χ1) is 7.18. The Morgan fingerprint density at radius 3 is 2.93 bits per heavy atom. The lowest BCUT2D eigenvalue weighted by Crippen LogP contribution is -2.46. The lowest BCUT2D eigenvalue weighted by molar-refractivity contribution is -0.889. The smallest absolute Gasteiger partial charge is 0.280 e. The van der Waals surface area contributed by atoms with E-state index in [1.165, 1.54) is 19.1 Å². The van der Waals surface area contributed by atoms with Crippen LogP contribution in [-0.4, -0.2) is 42.2 Å². The van der Waals surface area contributed by atoms with Crippen molar-refractivity contribution in [2.24, 2.45) is 0 Å². The molecule has 0 spiro atoms. The Morgan fingerprint density at radius 1 is 1.60 bits per heavy atom. The molecule has 1 N–H and O–H groups in total. The molecular weight excluding hydrogens is 194 g/mol. The molecule has 82 valence electrons. The van der Waals surface area contributed by atoms with Crippen molar-refractivity contribution in [2.45, 2.75) is 12.8 Å². The van der Waals surface area contributed by atoms with Crippen molar-refractivity contribution in [1.82, 2.24) is 5.16 Å². The van der Waals surface area contributed by atoms with Crippen LogP contribution in [0.15, 0.2) is 16.9 Å². The average Bonchev–Trinajstić information content (AvgIpc) is 2.76. The van der Waals surface area contributed by atoms with Crippen molar-refractivity contribution >= 4 is 11.7 Å². The van der Waals surface area contributed by atoms with Crippen LogP contribution < -0.4 is 5.32 Å². The molecule has 1 aliphatic heterocycles. The molecule has 0 bridgehead atoms. The van der Waals surface area contributed by atoms with E-state index in [9.17, 15) is 4.79 Å². The highest BCUT2D eigenvalue weighted by atomic mass is 16.5. The zero-order chi connectivity index (χ0) is 10.7. The first-order valence-corrected chi connectivity index (χ1v) is 5.22. The van der Waals surface area contributed by atoms with Gasteiger partial charge in [0, 0.05) is 18.9 Å². The molecule has 1 saturated heterocycles. The fourth-order valence-corrected chi connectivity index (χ4v) is 2.06. The summed E-state index contributed by atoms with van der Waals surface area (Å²) in [5.41, 5.74) is 0. The largest absolute Gasteiger partial charge is 0.363 e. The SMILES string of the molecule is C[N+]1(CC(=O)Nc2ccon2)CCCC1. The first kappa shape index (κ1) is 10.2. The monoisotopic (exact) mass is 210 g/mol. The number of nitrogens with zero attached hydrogens (tertiary/aromatic N) is 2. The Labute approximate surface area is 88.6 Å². The van der Waals surface area contributed by atoms with Crippen LogP contribution in [0.5, 0.6) is 0 Å². The zero-order valence-corrected chi connectivity index (χ0v) is 8.90. The van der Waals surface area contributed by atoms with Crippen LogP contribution in [0.3, 0.4) is 0 Å². The maximum atomic E-state index is 11.7.